The molecule has 0 aromatic carbocycles. The largest absolute Gasteiger partial charge is 0.465 e. The molecule has 6 nitrogen and oxygen atoms in total. The predicted molar refractivity (Wildman–Crippen MR) is 108 cm³/mol. The Labute approximate surface area is 165 Å². The third kappa shape index (κ3) is 4.78. The highest BCUT2D eigenvalue weighted by Gasteiger charge is 2.13. The van der Waals surface area contributed by atoms with E-state index in [9.17, 15) is 9.59 Å². The molecule has 0 fully saturated rings. The van der Waals surface area contributed by atoms with Gasteiger partial charge in [-0.25, -0.2) is 9.78 Å². The summed E-state index contributed by atoms with van der Waals surface area (Å²) < 4.78 is 4.74. The van der Waals surface area contributed by atoms with Crippen molar-refractivity contribution in [3.8, 4) is 21.1 Å². The molecule has 0 saturated heterocycles. The second-order valence-corrected chi connectivity index (χ2v) is 7.79. The van der Waals surface area contributed by atoms with Gasteiger partial charge in [0.05, 0.1) is 46.3 Å². The molecule has 0 saturated carbocycles. The lowest BCUT2D eigenvalue weighted by Gasteiger charge is -2.01. The van der Waals surface area contributed by atoms with Crippen LogP contribution in [-0.2, 0) is 9.53 Å². The Morgan fingerprint density at radius 2 is 1.96 bits per heavy atom. The first-order chi connectivity index (χ1) is 13.1. The van der Waals surface area contributed by atoms with Gasteiger partial charge in [-0.05, 0) is 24.6 Å². The first-order valence-corrected chi connectivity index (χ1v) is 10.2. The van der Waals surface area contributed by atoms with Crippen molar-refractivity contribution < 1.29 is 14.3 Å². The highest BCUT2D eigenvalue weighted by molar-refractivity contribution is 7.17. The summed E-state index contributed by atoms with van der Waals surface area (Å²) in [6.45, 7) is 2.06. The number of unbranched alkanes of at least 4 members (excludes halogenated alkanes) is 1. The number of esters is 1. The Morgan fingerprint density at radius 1 is 1.19 bits per heavy atom. The summed E-state index contributed by atoms with van der Waals surface area (Å²) in [7, 11) is 1.36. The molecule has 0 unspecified atom stereocenters. The van der Waals surface area contributed by atoms with Crippen LogP contribution in [-0.4, -0.2) is 29.0 Å². The van der Waals surface area contributed by atoms with Crippen LogP contribution < -0.4 is 5.32 Å². The Balaban J connectivity index is 1.77. The first-order valence-electron chi connectivity index (χ1n) is 8.50. The maximum atomic E-state index is 11.9. The van der Waals surface area contributed by atoms with Gasteiger partial charge in [-0.1, -0.05) is 13.3 Å². The topological polar surface area (TPSA) is 81.2 Å². The van der Waals surface area contributed by atoms with E-state index in [2.05, 4.69) is 22.2 Å². The molecule has 0 radical (unpaired) electrons. The summed E-state index contributed by atoms with van der Waals surface area (Å²) in [6.07, 6.45) is 5.75. The zero-order chi connectivity index (χ0) is 19.2. The number of thiophene rings is 2. The predicted octanol–water partition coefficient (Wildman–Crippen LogP) is 4.85. The lowest BCUT2D eigenvalue weighted by molar-refractivity contribution is -0.116. The van der Waals surface area contributed by atoms with Gasteiger partial charge in [0.1, 0.15) is 4.88 Å². The standard InChI is InChI=1S/C19H19N3O3S2/c1-3-4-5-18(23)21-12-8-17(26-11-12)14-10-20-9-13(22-14)15-6-7-16(27-15)19(24)25-2/h6-11H,3-5H2,1-2H3,(H,21,23). The lowest BCUT2D eigenvalue weighted by Crippen LogP contribution is -2.09. The molecule has 0 aliphatic carbocycles. The molecule has 3 aromatic rings. The van der Waals surface area contributed by atoms with E-state index < -0.39 is 0 Å². The third-order valence-electron chi connectivity index (χ3n) is 3.77. The number of rotatable bonds is 7. The molecule has 1 amide bonds. The van der Waals surface area contributed by atoms with Crippen LogP contribution in [0.3, 0.4) is 0 Å². The minimum Gasteiger partial charge on any atom is -0.465 e. The van der Waals surface area contributed by atoms with Crippen molar-refractivity contribution in [3.63, 3.8) is 0 Å². The first kappa shape index (κ1) is 19.2. The average molecular weight is 402 g/mol. The highest BCUT2D eigenvalue weighted by atomic mass is 32.1. The SMILES string of the molecule is CCCCC(=O)Nc1csc(-c2cncc(-c3ccc(C(=O)OC)s3)n2)c1. The third-order valence-corrected chi connectivity index (χ3v) is 5.81. The average Bonchev–Trinajstić information content (AvgIpc) is 3.36. The van der Waals surface area contributed by atoms with Crippen molar-refractivity contribution in [2.24, 2.45) is 0 Å². The van der Waals surface area contributed by atoms with Gasteiger partial charge in [-0.3, -0.25) is 9.78 Å². The van der Waals surface area contributed by atoms with Gasteiger partial charge >= 0.3 is 5.97 Å². The van der Waals surface area contributed by atoms with Gasteiger partial charge in [-0.15, -0.1) is 22.7 Å². The number of methoxy groups -OCH3 is 1. The maximum absolute atomic E-state index is 11.9. The fraction of sp³-hybridized carbons (Fsp3) is 0.263. The summed E-state index contributed by atoms with van der Waals surface area (Å²) in [4.78, 5) is 34.7. The van der Waals surface area contributed by atoms with Gasteiger partial charge in [-0.2, -0.15) is 0 Å². The van der Waals surface area contributed by atoms with Crippen LogP contribution in [0, 0.1) is 0 Å². The molecular weight excluding hydrogens is 382 g/mol. The number of nitrogens with zero attached hydrogens (tertiary/aromatic N) is 2. The van der Waals surface area contributed by atoms with E-state index in [1.54, 1.807) is 18.5 Å². The fourth-order valence-corrected chi connectivity index (χ4v) is 4.06. The summed E-state index contributed by atoms with van der Waals surface area (Å²) in [5.41, 5.74) is 2.18. The molecule has 0 aliphatic heterocycles. The van der Waals surface area contributed by atoms with Crippen LogP contribution in [0.2, 0.25) is 0 Å². The second kappa shape index (κ2) is 8.88. The van der Waals surface area contributed by atoms with E-state index in [1.165, 1.54) is 29.8 Å². The van der Waals surface area contributed by atoms with Crippen LogP contribution in [0.4, 0.5) is 5.69 Å². The number of carbonyl (C=O) groups excluding carboxylic acids is 2. The molecule has 3 aromatic heterocycles. The van der Waals surface area contributed by atoms with E-state index in [1.807, 2.05) is 17.5 Å². The van der Waals surface area contributed by atoms with Gasteiger partial charge < -0.3 is 10.1 Å². The Morgan fingerprint density at radius 3 is 2.70 bits per heavy atom. The minimum atomic E-state index is -0.364. The monoisotopic (exact) mass is 401 g/mol. The van der Waals surface area contributed by atoms with Crippen LogP contribution in [0.15, 0.2) is 36.0 Å². The zero-order valence-corrected chi connectivity index (χ0v) is 16.7. The van der Waals surface area contributed by atoms with E-state index in [0.29, 0.717) is 17.0 Å². The molecule has 1 N–H and O–H groups in total. The van der Waals surface area contributed by atoms with Crippen molar-refractivity contribution >= 4 is 40.2 Å². The summed E-state index contributed by atoms with van der Waals surface area (Å²) in [5, 5.41) is 4.81. The smallest absolute Gasteiger partial charge is 0.348 e. The number of amides is 1. The van der Waals surface area contributed by atoms with Crippen LogP contribution >= 0.6 is 22.7 Å². The molecule has 27 heavy (non-hydrogen) atoms. The number of nitrogens with one attached hydrogen (secondary N) is 1. The van der Waals surface area contributed by atoms with E-state index >= 15 is 0 Å². The van der Waals surface area contributed by atoms with E-state index in [4.69, 9.17) is 4.74 Å². The molecule has 3 rings (SSSR count). The highest BCUT2D eigenvalue weighted by Crippen LogP contribution is 2.31. The molecule has 0 atom stereocenters. The zero-order valence-electron chi connectivity index (χ0n) is 15.0. The van der Waals surface area contributed by atoms with Crippen molar-refractivity contribution in [3.05, 3.63) is 40.8 Å². The van der Waals surface area contributed by atoms with E-state index in [0.717, 1.165) is 34.0 Å². The molecule has 0 bridgehead atoms. The summed E-state index contributed by atoms with van der Waals surface area (Å²) >= 11 is 2.81. The van der Waals surface area contributed by atoms with E-state index in [-0.39, 0.29) is 11.9 Å². The Bertz CT molecular complexity index is 949. The number of hydrogen-bond acceptors (Lipinski definition) is 7. The quantitative estimate of drug-likeness (QED) is 0.573. The van der Waals surface area contributed by atoms with Gasteiger partial charge in [0.25, 0.3) is 0 Å². The van der Waals surface area contributed by atoms with Crippen LogP contribution in [0.5, 0.6) is 0 Å². The van der Waals surface area contributed by atoms with Gasteiger partial charge in [0.2, 0.25) is 5.91 Å². The number of aromatic nitrogens is 2. The minimum absolute atomic E-state index is 0.0231. The van der Waals surface area contributed by atoms with Crippen molar-refractivity contribution in [1.82, 2.24) is 9.97 Å². The number of anilines is 1. The van der Waals surface area contributed by atoms with Crippen molar-refractivity contribution in [1.29, 1.82) is 0 Å². The molecule has 8 heteroatoms. The maximum Gasteiger partial charge on any atom is 0.348 e. The van der Waals surface area contributed by atoms with Crippen molar-refractivity contribution in [2.45, 2.75) is 26.2 Å². The van der Waals surface area contributed by atoms with Gasteiger partial charge in [0, 0.05) is 11.8 Å². The summed E-state index contributed by atoms with van der Waals surface area (Å²) in [5.74, 6) is -0.341. The van der Waals surface area contributed by atoms with Gasteiger partial charge in [0.15, 0.2) is 0 Å². The lowest BCUT2D eigenvalue weighted by atomic mass is 10.2. The van der Waals surface area contributed by atoms with Crippen molar-refractivity contribution in [2.75, 3.05) is 12.4 Å². The van der Waals surface area contributed by atoms with Crippen LogP contribution in [0.1, 0.15) is 35.9 Å². The molecule has 0 aliphatic rings. The molecular formula is C19H19N3O3S2. The molecule has 0 spiro atoms. The Hall–Kier alpha value is -2.58. The second-order valence-electron chi connectivity index (χ2n) is 5.80. The normalized spacial score (nSPS) is 10.6. The van der Waals surface area contributed by atoms with Crippen LogP contribution in [0.25, 0.3) is 21.1 Å². The number of hydrogen-bond donors (Lipinski definition) is 1. The number of carbonyl (C=O) groups is 2. The number of ether oxygens (including phenoxy) is 1. The molecule has 3 heterocycles. The summed E-state index contributed by atoms with van der Waals surface area (Å²) in [6, 6.07) is 5.45. The fourth-order valence-electron chi connectivity index (χ4n) is 2.39. The Kier molecular flexibility index (Phi) is 6.31. The molecule has 140 valence electrons.